The molecule has 0 aliphatic heterocycles. The minimum atomic E-state index is 0.176. The topological polar surface area (TPSA) is 56.7 Å². The van der Waals surface area contributed by atoms with Crippen LogP contribution in [0, 0.1) is 13.8 Å². The lowest BCUT2D eigenvalue weighted by Gasteiger charge is -2.34. The first-order valence-electron chi connectivity index (χ1n) is 7.35. The first kappa shape index (κ1) is 13.3. The molecule has 4 nitrogen and oxygen atoms in total. The molecule has 106 valence electrons. The predicted octanol–water partition coefficient (Wildman–Crippen LogP) is 2.73. The van der Waals surface area contributed by atoms with Gasteiger partial charge < -0.3 is 5.73 Å². The average Bonchev–Trinajstić information content (AvgIpc) is 2.79. The van der Waals surface area contributed by atoms with Crippen molar-refractivity contribution >= 4 is 0 Å². The summed E-state index contributed by atoms with van der Waals surface area (Å²) in [6.07, 6.45) is 3.26. The quantitative estimate of drug-likeness (QED) is 0.913. The van der Waals surface area contributed by atoms with Crippen molar-refractivity contribution in [2.75, 3.05) is 0 Å². The standard InChI is InChI=1S/C16H22N4/c1-11-18-12(2)20(19-11)16-10-14(8-9-15(16)17)13-6-4-3-5-7-13/h3-7,14-16H,8-10,17H2,1-2H3. The monoisotopic (exact) mass is 270 g/mol. The Kier molecular flexibility index (Phi) is 3.57. The molecule has 20 heavy (non-hydrogen) atoms. The molecule has 2 aromatic rings. The Morgan fingerprint density at radius 3 is 2.55 bits per heavy atom. The fraction of sp³-hybridized carbons (Fsp3) is 0.500. The van der Waals surface area contributed by atoms with Crippen molar-refractivity contribution in [3.8, 4) is 0 Å². The Labute approximate surface area is 120 Å². The van der Waals surface area contributed by atoms with Crippen LogP contribution in [0.3, 0.4) is 0 Å². The molecular weight excluding hydrogens is 248 g/mol. The smallest absolute Gasteiger partial charge is 0.147 e. The average molecular weight is 270 g/mol. The van der Waals surface area contributed by atoms with Crippen LogP contribution >= 0.6 is 0 Å². The maximum absolute atomic E-state index is 6.34. The summed E-state index contributed by atoms with van der Waals surface area (Å²) in [5.41, 5.74) is 7.76. The maximum atomic E-state index is 6.34. The van der Waals surface area contributed by atoms with Gasteiger partial charge in [-0.3, -0.25) is 0 Å². The molecule has 0 saturated heterocycles. The van der Waals surface area contributed by atoms with Gasteiger partial charge in [0.05, 0.1) is 6.04 Å². The van der Waals surface area contributed by atoms with Gasteiger partial charge in [0, 0.05) is 6.04 Å². The molecule has 0 bridgehead atoms. The molecule has 2 N–H and O–H groups in total. The van der Waals surface area contributed by atoms with Crippen LogP contribution in [-0.2, 0) is 0 Å². The highest BCUT2D eigenvalue weighted by atomic mass is 15.4. The molecule has 1 heterocycles. The van der Waals surface area contributed by atoms with Gasteiger partial charge >= 0.3 is 0 Å². The van der Waals surface area contributed by atoms with E-state index in [0.717, 1.165) is 30.9 Å². The predicted molar refractivity (Wildman–Crippen MR) is 79.5 cm³/mol. The van der Waals surface area contributed by atoms with Gasteiger partial charge in [0.15, 0.2) is 0 Å². The molecule has 4 heteroatoms. The van der Waals surface area contributed by atoms with Crippen LogP contribution in [-0.4, -0.2) is 20.8 Å². The lowest BCUT2D eigenvalue weighted by atomic mass is 9.79. The SMILES string of the molecule is Cc1nc(C)n(C2CC(c3ccccc3)CCC2N)n1. The molecule has 0 radical (unpaired) electrons. The van der Waals surface area contributed by atoms with Crippen molar-refractivity contribution in [2.24, 2.45) is 5.73 Å². The number of benzene rings is 1. The van der Waals surface area contributed by atoms with E-state index in [-0.39, 0.29) is 12.1 Å². The van der Waals surface area contributed by atoms with Crippen molar-refractivity contribution in [1.82, 2.24) is 14.8 Å². The molecule has 1 saturated carbocycles. The van der Waals surface area contributed by atoms with Gasteiger partial charge in [-0.1, -0.05) is 30.3 Å². The minimum Gasteiger partial charge on any atom is -0.326 e. The fourth-order valence-electron chi connectivity index (χ4n) is 3.33. The molecule has 1 aromatic carbocycles. The van der Waals surface area contributed by atoms with E-state index >= 15 is 0 Å². The number of aromatic nitrogens is 3. The maximum Gasteiger partial charge on any atom is 0.147 e. The van der Waals surface area contributed by atoms with Crippen LogP contribution in [0.5, 0.6) is 0 Å². The van der Waals surface area contributed by atoms with Gasteiger partial charge in [-0.15, -0.1) is 0 Å². The number of nitrogens with two attached hydrogens (primary N) is 1. The second-order valence-corrected chi connectivity index (χ2v) is 5.80. The molecule has 1 aliphatic carbocycles. The van der Waals surface area contributed by atoms with Gasteiger partial charge in [0.1, 0.15) is 11.6 Å². The fourth-order valence-corrected chi connectivity index (χ4v) is 3.33. The molecule has 1 aromatic heterocycles. The summed E-state index contributed by atoms with van der Waals surface area (Å²) in [5, 5.41) is 4.54. The van der Waals surface area contributed by atoms with E-state index in [1.165, 1.54) is 5.56 Å². The minimum absolute atomic E-state index is 0.176. The van der Waals surface area contributed by atoms with E-state index in [1.54, 1.807) is 0 Å². The second kappa shape index (κ2) is 5.37. The highest BCUT2D eigenvalue weighted by Crippen LogP contribution is 2.38. The van der Waals surface area contributed by atoms with Crippen LogP contribution in [0.2, 0.25) is 0 Å². The van der Waals surface area contributed by atoms with Crippen molar-refractivity contribution in [3.05, 3.63) is 47.5 Å². The van der Waals surface area contributed by atoms with E-state index in [1.807, 2.05) is 18.5 Å². The second-order valence-electron chi connectivity index (χ2n) is 5.80. The zero-order chi connectivity index (χ0) is 14.1. The number of nitrogens with zero attached hydrogens (tertiary/aromatic N) is 3. The van der Waals surface area contributed by atoms with Crippen molar-refractivity contribution in [3.63, 3.8) is 0 Å². The summed E-state index contributed by atoms with van der Waals surface area (Å²) in [4.78, 5) is 4.41. The largest absolute Gasteiger partial charge is 0.326 e. The first-order chi connectivity index (χ1) is 9.65. The molecule has 3 unspecified atom stereocenters. The van der Waals surface area contributed by atoms with E-state index in [2.05, 4.69) is 40.4 Å². The van der Waals surface area contributed by atoms with E-state index < -0.39 is 0 Å². The molecule has 3 atom stereocenters. The lowest BCUT2D eigenvalue weighted by Crippen LogP contribution is -2.38. The normalized spacial score (nSPS) is 26.6. The Morgan fingerprint density at radius 1 is 1.15 bits per heavy atom. The zero-order valence-corrected chi connectivity index (χ0v) is 12.2. The van der Waals surface area contributed by atoms with Crippen molar-refractivity contribution in [1.29, 1.82) is 0 Å². The third kappa shape index (κ3) is 2.48. The van der Waals surface area contributed by atoms with Gasteiger partial charge in [0.2, 0.25) is 0 Å². The van der Waals surface area contributed by atoms with Gasteiger partial charge in [-0.25, -0.2) is 9.67 Å². The van der Waals surface area contributed by atoms with Gasteiger partial charge in [-0.2, -0.15) is 5.10 Å². The molecule has 1 fully saturated rings. The molecule has 3 rings (SSSR count). The van der Waals surface area contributed by atoms with Crippen LogP contribution < -0.4 is 5.73 Å². The first-order valence-corrected chi connectivity index (χ1v) is 7.35. The number of hydrogen-bond acceptors (Lipinski definition) is 3. The van der Waals surface area contributed by atoms with Gasteiger partial charge in [-0.05, 0) is 44.6 Å². The zero-order valence-electron chi connectivity index (χ0n) is 12.2. The highest BCUT2D eigenvalue weighted by Gasteiger charge is 2.31. The summed E-state index contributed by atoms with van der Waals surface area (Å²) in [5.74, 6) is 2.37. The Hall–Kier alpha value is -1.68. The van der Waals surface area contributed by atoms with Crippen LogP contribution in [0.15, 0.2) is 30.3 Å². The van der Waals surface area contributed by atoms with Gasteiger partial charge in [0.25, 0.3) is 0 Å². The summed E-state index contributed by atoms with van der Waals surface area (Å²) in [6, 6.07) is 11.2. The Bertz CT molecular complexity index is 575. The molecule has 0 amide bonds. The van der Waals surface area contributed by atoms with E-state index in [9.17, 15) is 0 Å². The Morgan fingerprint density at radius 2 is 1.90 bits per heavy atom. The van der Waals surface area contributed by atoms with E-state index in [4.69, 9.17) is 5.73 Å². The highest BCUT2D eigenvalue weighted by molar-refractivity contribution is 5.20. The summed E-state index contributed by atoms with van der Waals surface area (Å²) < 4.78 is 2.04. The number of rotatable bonds is 2. The van der Waals surface area contributed by atoms with Crippen LogP contribution in [0.4, 0.5) is 0 Å². The third-order valence-corrected chi connectivity index (χ3v) is 4.36. The summed E-state index contributed by atoms with van der Waals surface area (Å²) >= 11 is 0. The van der Waals surface area contributed by atoms with Crippen LogP contribution in [0.25, 0.3) is 0 Å². The van der Waals surface area contributed by atoms with Crippen molar-refractivity contribution < 1.29 is 0 Å². The lowest BCUT2D eigenvalue weighted by molar-refractivity contribution is 0.257. The number of hydrogen-bond donors (Lipinski definition) is 1. The Balaban J connectivity index is 1.85. The molecule has 0 spiro atoms. The third-order valence-electron chi connectivity index (χ3n) is 4.36. The number of aryl methyl sites for hydroxylation is 2. The molecule has 1 aliphatic rings. The molecular formula is C16H22N4. The van der Waals surface area contributed by atoms with Crippen molar-refractivity contribution in [2.45, 2.75) is 51.1 Å². The van der Waals surface area contributed by atoms with E-state index in [0.29, 0.717) is 5.92 Å². The van der Waals surface area contributed by atoms with Crippen LogP contribution in [0.1, 0.15) is 48.4 Å². The summed E-state index contributed by atoms with van der Waals surface area (Å²) in [6.45, 7) is 3.95. The summed E-state index contributed by atoms with van der Waals surface area (Å²) in [7, 11) is 0.